The third-order valence-electron chi connectivity index (χ3n) is 2.37. The third kappa shape index (κ3) is 2.48. The molecule has 1 unspecified atom stereocenters. The minimum Gasteiger partial charge on any atom is -0.305 e. The standard InChI is InChI=1S/C11H11F2N3S/c1-2-14-11(9-6-15-17-16-9)7-4-3-5-8(12)10(7)13/h3-6,11,14H,2H2,1H3. The van der Waals surface area contributed by atoms with Crippen LogP contribution in [0.3, 0.4) is 0 Å². The van der Waals surface area contributed by atoms with E-state index in [1.165, 1.54) is 6.07 Å². The highest BCUT2D eigenvalue weighted by Gasteiger charge is 2.21. The first-order valence-corrected chi connectivity index (χ1v) is 5.91. The summed E-state index contributed by atoms with van der Waals surface area (Å²) in [7, 11) is 0. The Morgan fingerprint density at radius 3 is 2.88 bits per heavy atom. The number of halogens is 2. The van der Waals surface area contributed by atoms with Gasteiger partial charge in [0.05, 0.1) is 29.7 Å². The first-order chi connectivity index (χ1) is 8.24. The van der Waals surface area contributed by atoms with Crippen LogP contribution in [-0.4, -0.2) is 15.3 Å². The van der Waals surface area contributed by atoms with Gasteiger partial charge in [-0.2, -0.15) is 8.75 Å². The third-order valence-corrected chi connectivity index (χ3v) is 2.87. The van der Waals surface area contributed by atoms with Crippen molar-refractivity contribution in [2.45, 2.75) is 13.0 Å². The van der Waals surface area contributed by atoms with E-state index in [0.29, 0.717) is 12.2 Å². The van der Waals surface area contributed by atoms with Crippen molar-refractivity contribution in [2.24, 2.45) is 0 Å². The van der Waals surface area contributed by atoms with E-state index in [4.69, 9.17) is 0 Å². The zero-order valence-corrected chi connectivity index (χ0v) is 9.97. The minimum absolute atomic E-state index is 0.250. The number of aromatic nitrogens is 2. The van der Waals surface area contributed by atoms with Crippen molar-refractivity contribution in [3.05, 3.63) is 47.3 Å². The van der Waals surface area contributed by atoms with Gasteiger partial charge >= 0.3 is 0 Å². The summed E-state index contributed by atoms with van der Waals surface area (Å²) >= 11 is 1.04. The molecule has 0 saturated carbocycles. The summed E-state index contributed by atoms with van der Waals surface area (Å²) in [5, 5.41) is 3.07. The van der Waals surface area contributed by atoms with E-state index in [1.807, 2.05) is 6.92 Å². The topological polar surface area (TPSA) is 37.8 Å². The fourth-order valence-electron chi connectivity index (χ4n) is 1.62. The van der Waals surface area contributed by atoms with Crippen molar-refractivity contribution >= 4 is 11.7 Å². The van der Waals surface area contributed by atoms with Crippen molar-refractivity contribution in [2.75, 3.05) is 6.54 Å². The van der Waals surface area contributed by atoms with Gasteiger partial charge in [0.2, 0.25) is 0 Å². The zero-order valence-electron chi connectivity index (χ0n) is 9.15. The molecule has 0 aliphatic heterocycles. The van der Waals surface area contributed by atoms with Crippen LogP contribution in [0.5, 0.6) is 0 Å². The molecule has 0 radical (unpaired) electrons. The highest BCUT2D eigenvalue weighted by atomic mass is 32.1. The Morgan fingerprint density at radius 1 is 1.41 bits per heavy atom. The molecule has 6 heteroatoms. The van der Waals surface area contributed by atoms with E-state index < -0.39 is 17.7 Å². The lowest BCUT2D eigenvalue weighted by atomic mass is 10.0. The van der Waals surface area contributed by atoms with E-state index in [1.54, 1.807) is 12.3 Å². The van der Waals surface area contributed by atoms with Gasteiger partial charge in [0, 0.05) is 5.56 Å². The van der Waals surface area contributed by atoms with Crippen molar-refractivity contribution in [1.29, 1.82) is 0 Å². The number of rotatable bonds is 4. The van der Waals surface area contributed by atoms with Crippen molar-refractivity contribution < 1.29 is 8.78 Å². The minimum atomic E-state index is -0.853. The molecule has 1 aromatic carbocycles. The van der Waals surface area contributed by atoms with E-state index in [0.717, 1.165) is 17.8 Å². The summed E-state index contributed by atoms with van der Waals surface area (Å²) in [6.45, 7) is 2.52. The van der Waals surface area contributed by atoms with Gasteiger partial charge in [-0.15, -0.1) is 0 Å². The lowest BCUT2D eigenvalue weighted by molar-refractivity contribution is 0.481. The Kier molecular flexibility index (Phi) is 3.75. The number of hydrogen-bond acceptors (Lipinski definition) is 4. The van der Waals surface area contributed by atoms with Gasteiger partial charge < -0.3 is 5.32 Å². The molecule has 2 aromatic rings. The Morgan fingerprint density at radius 2 is 2.24 bits per heavy atom. The molecule has 3 nitrogen and oxygen atoms in total. The average Bonchev–Trinajstić information content (AvgIpc) is 2.84. The molecular weight excluding hydrogens is 244 g/mol. The summed E-state index contributed by atoms with van der Waals surface area (Å²) < 4.78 is 34.8. The van der Waals surface area contributed by atoms with Crippen LogP contribution in [0.2, 0.25) is 0 Å². The highest BCUT2D eigenvalue weighted by Crippen LogP contribution is 2.24. The van der Waals surface area contributed by atoms with Crippen LogP contribution in [0, 0.1) is 11.6 Å². The first kappa shape index (κ1) is 12.1. The van der Waals surface area contributed by atoms with Gasteiger partial charge in [0.25, 0.3) is 0 Å². The second kappa shape index (κ2) is 5.29. The van der Waals surface area contributed by atoms with Crippen LogP contribution < -0.4 is 5.32 Å². The van der Waals surface area contributed by atoms with Crippen molar-refractivity contribution in [3.8, 4) is 0 Å². The predicted molar refractivity (Wildman–Crippen MR) is 61.8 cm³/mol. The van der Waals surface area contributed by atoms with E-state index in [9.17, 15) is 8.78 Å². The molecule has 1 atom stereocenters. The summed E-state index contributed by atoms with van der Waals surface area (Å²) in [4.78, 5) is 0. The number of benzene rings is 1. The molecular formula is C11H11F2N3S. The largest absolute Gasteiger partial charge is 0.305 e. The molecule has 1 aromatic heterocycles. The fraction of sp³-hybridized carbons (Fsp3) is 0.273. The molecule has 1 N–H and O–H groups in total. The van der Waals surface area contributed by atoms with Gasteiger partial charge in [0.1, 0.15) is 0 Å². The molecule has 1 heterocycles. The monoisotopic (exact) mass is 255 g/mol. The Hall–Kier alpha value is -1.40. The van der Waals surface area contributed by atoms with Crippen LogP contribution in [0.15, 0.2) is 24.4 Å². The van der Waals surface area contributed by atoms with Gasteiger partial charge in [-0.1, -0.05) is 19.1 Å². The molecule has 90 valence electrons. The van der Waals surface area contributed by atoms with Crippen LogP contribution in [0.4, 0.5) is 8.78 Å². The quantitative estimate of drug-likeness (QED) is 0.912. The summed E-state index contributed by atoms with van der Waals surface area (Å²) in [6, 6.07) is 3.67. The molecule has 17 heavy (non-hydrogen) atoms. The van der Waals surface area contributed by atoms with Gasteiger partial charge in [-0.25, -0.2) is 8.78 Å². The van der Waals surface area contributed by atoms with Gasteiger partial charge in [-0.05, 0) is 12.6 Å². The van der Waals surface area contributed by atoms with E-state index in [2.05, 4.69) is 14.1 Å². The maximum Gasteiger partial charge on any atom is 0.163 e. The Balaban J connectivity index is 2.43. The van der Waals surface area contributed by atoms with Crippen molar-refractivity contribution in [3.63, 3.8) is 0 Å². The first-order valence-electron chi connectivity index (χ1n) is 5.18. The van der Waals surface area contributed by atoms with Gasteiger partial charge in [0.15, 0.2) is 11.6 Å². The Bertz CT molecular complexity index is 487. The zero-order chi connectivity index (χ0) is 12.3. The highest BCUT2D eigenvalue weighted by molar-refractivity contribution is 6.99. The van der Waals surface area contributed by atoms with Crippen LogP contribution in [0.1, 0.15) is 24.2 Å². The molecule has 0 bridgehead atoms. The lowest BCUT2D eigenvalue weighted by Crippen LogP contribution is -2.23. The lowest BCUT2D eigenvalue weighted by Gasteiger charge is -2.16. The molecule has 0 aliphatic rings. The van der Waals surface area contributed by atoms with Crippen LogP contribution >= 0.6 is 11.7 Å². The smallest absolute Gasteiger partial charge is 0.163 e. The average molecular weight is 255 g/mol. The van der Waals surface area contributed by atoms with Gasteiger partial charge in [-0.3, -0.25) is 0 Å². The summed E-state index contributed by atoms with van der Waals surface area (Å²) in [5.74, 6) is -1.69. The maximum atomic E-state index is 13.7. The molecule has 0 saturated heterocycles. The second-order valence-electron chi connectivity index (χ2n) is 3.47. The maximum absolute atomic E-state index is 13.7. The summed E-state index contributed by atoms with van der Waals surface area (Å²) in [5.41, 5.74) is 0.848. The molecule has 0 fully saturated rings. The van der Waals surface area contributed by atoms with E-state index >= 15 is 0 Å². The molecule has 0 spiro atoms. The number of nitrogens with zero attached hydrogens (tertiary/aromatic N) is 2. The molecule has 0 amide bonds. The Labute approximate surface area is 102 Å². The summed E-state index contributed by atoms with van der Waals surface area (Å²) in [6.07, 6.45) is 1.56. The predicted octanol–water partition coefficient (Wildman–Crippen LogP) is 2.52. The van der Waals surface area contributed by atoms with Crippen LogP contribution in [-0.2, 0) is 0 Å². The number of nitrogens with one attached hydrogen (secondary N) is 1. The second-order valence-corrected chi connectivity index (χ2v) is 4.02. The molecule has 0 aliphatic carbocycles. The van der Waals surface area contributed by atoms with Crippen molar-refractivity contribution in [1.82, 2.24) is 14.1 Å². The normalized spacial score (nSPS) is 12.6. The number of hydrogen-bond donors (Lipinski definition) is 1. The molecule has 2 rings (SSSR count). The fourth-order valence-corrected chi connectivity index (χ4v) is 2.07. The van der Waals surface area contributed by atoms with E-state index in [-0.39, 0.29) is 5.56 Å². The SMILES string of the molecule is CCNC(c1cnsn1)c1cccc(F)c1F. The van der Waals surface area contributed by atoms with Crippen LogP contribution in [0.25, 0.3) is 0 Å².